The van der Waals surface area contributed by atoms with Crippen LogP contribution in [0.25, 0.3) is 0 Å². The van der Waals surface area contributed by atoms with Crippen molar-refractivity contribution in [2.75, 3.05) is 33.9 Å². The fraction of sp³-hybridized carbons (Fsp3) is 0.467. The second kappa shape index (κ2) is 7.33. The maximum absolute atomic E-state index is 13.1. The fourth-order valence-electron chi connectivity index (χ4n) is 2.37. The molecule has 0 aromatic heterocycles. The number of ether oxygens (including phenoxy) is 2. The van der Waals surface area contributed by atoms with Crippen molar-refractivity contribution in [2.45, 2.75) is 12.1 Å². The number of rotatable bonds is 5. The normalized spacial score (nSPS) is 21.8. The van der Waals surface area contributed by atoms with Crippen molar-refractivity contribution in [1.82, 2.24) is 10.2 Å². The number of nitrogens with zero attached hydrogens (tertiary/aromatic N) is 1. The molecule has 7 heteroatoms. The number of amides is 2. The van der Waals surface area contributed by atoms with Crippen LogP contribution in [-0.2, 0) is 19.1 Å². The van der Waals surface area contributed by atoms with Crippen LogP contribution in [0.3, 0.4) is 0 Å². The molecule has 2 rings (SSSR count). The molecule has 0 saturated carbocycles. The monoisotopic (exact) mass is 310 g/mol. The number of hydrogen-bond donors (Lipinski definition) is 1. The number of carbonyl (C=O) groups is 2. The standard InChI is InChI=1S/C15H19FN2O4/c1-18-12(19)9-22-14(15(20)17-7-8-21-2)13(18)10-3-5-11(16)6-4-10/h3-6,13-14H,7-9H2,1-2H3,(H,17,20)/t13-,14+/m1/s1. The smallest absolute Gasteiger partial charge is 0.251 e. The zero-order chi connectivity index (χ0) is 16.1. The number of methoxy groups -OCH3 is 1. The summed E-state index contributed by atoms with van der Waals surface area (Å²) >= 11 is 0. The Morgan fingerprint density at radius 1 is 1.45 bits per heavy atom. The molecular weight excluding hydrogens is 291 g/mol. The van der Waals surface area contributed by atoms with Crippen molar-refractivity contribution in [3.05, 3.63) is 35.6 Å². The highest BCUT2D eigenvalue weighted by Crippen LogP contribution is 2.29. The number of likely N-dealkylation sites (N-methyl/N-ethyl adjacent to an activating group) is 1. The topological polar surface area (TPSA) is 67.9 Å². The van der Waals surface area contributed by atoms with Crippen LogP contribution in [0.15, 0.2) is 24.3 Å². The van der Waals surface area contributed by atoms with E-state index >= 15 is 0 Å². The van der Waals surface area contributed by atoms with Crippen molar-refractivity contribution < 1.29 is 23.5 Å². The molecule has 0 spiro atoms. The van der Waals surface area contributed by atoms with Crippen LogP contribution in [0.4, 0.5) is 4.39 Å². The van der Waals surface area contributed by atoms with Gasteiger partial charge in [0, 0.05) is 20.7 Å². The van der Waals surface area contributed by atoms with Gasteiger partial charge in [0.15, 0.2) is 6.10 Å². The first-order chi connectivity index (χ1) is 10.5. The average Bonchev–Trinajstić information content (AvgIpc) is 2.51. The summed E-state index contributed by atoms with van der Waals surface area (Å²) in [5, 5.41) is 2.70. The van der Waals surface area contributed by atoms with Crippen LogP contribution in [0.1, 0.15) is 11.6 Å². The van der Waals surface area contributed by atoms with Crippen molar-refractivity contribution >= 4 is 11.8 Å². The van der Waals surface area contributed by atoms with Gasteiger partial charge in [0.25, 0.3) is 5.91 Å². The highest BCUT2D eigenvalue weighted by atomic mass is 19.1. The van der Waals surface area contributed by atoms with E-state index < -0.39 is 12.1 Å². The van der Waals surface area contributed by atoms with Crippen LogP contribution >= 0.6 is 0 Å². The zero-order valence-corrected chi connectivity index (χ0v) is 12.5. The molecular formula is C15H19FN2O4. The van der Waals surface area contributed by atoms with Crippen LogP contribution in [-0.4, -0.2) is 56.7 Å². The van der Waals surface area contributed by atoms with Crippen LogP contribution in [0.2, 0.25) is 0 Å². The van der Waals surface area contributed by atoms with E-state index in [2.05, 4.69) is 5.32 Å². The van der Waals surface area contributed by atoms with E-state index in [-0.39, 0.29) is 24.2 Å². The summed E-state index contributed by atoms with van der Waals surface area (Å²) in [6.07, 6.45) is -0.843. The highest BCUT2D eigenvalue weighted by Gasteiger charge is 2.39. The Labute approximate surface area is 128 Å². The fourth-order valence-corrected chi connectivity index (χ4v) is 2.37. The maximum Gasteiger partial charge on any atom is 0.251 e. The SMILES string of the molecule is COCCNC(=O)[C@H]1OCC(=O)N(C)[C@@H]1c1ccc(F)cc1. The third kappa shape index (κ3) is 3.61. The molecule has 1 aliphatic rings. The summed E-state index contributed by atoms with van der Waals surface area (Å²) in [5.74, 6) is -0.934. The number of nitrogens with one attached hydrogen (secondary N) is 1. The Morgan fingerprint density at radius 3 is 2.77 bits per heavy atom. The number of hydrogen-bond acceptors (Lipinski definition) is 4. The molecule has 1 aromatic rings. The Balaban J connectivity index is 2.20. The van der Waals surface area contributed by atoms with Crippen LogP contribution in [0.5, 0.6) is 0 Å². The lowest BCUT2D eigenvalue weighted by Crippen LogP contribution is -2.53. The molecule has 1 heterocycles. The summed E-state index contributed by atoms with van der Waals surface area (Å²) in [5.41, 5.74) is 0.642. The van der Waals surface area contributed by atoms with E-state index in [1.165, 1.54) is 24.1 Å². The molecule has 0 aliphatic carbocycles. The number of halogens is 1. The predicted octanol–water partition coefficient (Wildman–Crippen LogP) is 0.487. The van der Waals surface area contributed by atoms with E-state index in [1.807, 2.05) is 0 Å². The van der Waals surface area contributed by atoms with Crippen molar-refractivity contribution in [1.29, 1.82) is 0 Å². The number of carbonyl (C=O) groups excluding carboxylic acids is 2. The van der Waals surface area contributed by atoms with Gasteiger partial charge in [-0.1, -0.05) is 12.1 Å². The van der Waals surface area contributed by atoms with Gasteiger partial charge in [-0.3, -0.25) is 9.59 Å². The third-order valence-corrected chi connectivity index (χ3v) is 3.56. The quantitative estimate of drug-likeness (QED) is 0.804. The molecule has 1 N–H and O–H groups in total. The van der Waals surface area contributed by atoms with E-state index in [0.717, 1.165) is 0 Å². The molecule has 0 unspecified atom stereocenters. The molecule has 1 fully saturated rings. The van der Waals surface area contributed by atoms with Crippen molar-refractivity contribution in [3.63, 3.8) is 0 Å². The van der Waals surface area contributed by atoms with E-state index in [4.69, 9.17) is 9.47 Å². The molecule has 1 aromatic carbocycles. The second-order valence-electron chi connectivity index (χ2n) is 5.02. The first-order valence-electron chi connectivity index (χ1n) is 6.94. The van der Waals surface area contributed by atoms with Gasteiger partial charge in [-0.2, -0.15) is 0 Å². The van der Waals surface area contributed by atoms with Gasteiger partial charge in [-0.05, 0) is 17.7 Å². The predicted molar refractivity (Wildman–Crippen MR) is 76.5 cm³/mol. The summed E-state index contributed by atoms with van der Waals surface area (Å²) in [4.78, 5) is 25.6. The minimum Gasteiger partial charge on any atom is -0.383 e. The molecule has 0 bridgehead atoms. The van der Waals surface area contributed by atoms with Gasteiger partial charge >= 0.3 is 0 Å². The Morgan fingerprint density at radius 2 is 2.14 bits per heavy atom. The second-order valence-corrected chi connectivity index (χ2v) is 5.02. The van der Waals surface area contributed by atoms with Crippen molar-refractivity contribution in [3.8, 4) is 0 Å². The first kappa shape index (κ1) is 16.4. The molecule has 2 amide bonds. The lowest BCUT2D eigenvalue weighted by molar-refractivity contribution is -0.162. The summed E-state index contributed by atoms with van der Waals surface area (Å²) in [7, 11) is 3.14. The molecule has 6 nitrogen and oxygen atoms in total. The van der Waals surface area contributed by atoms with Gasteiger partial charge < -0.3 is 19.7 Å². The molecule has 120 valence electrons. The Hall–Kier alpha value is -1.99. The Kier molecular flexibility index (Phi) is 5.46. The minimum absolute atomic E-state index is 0.156. The summed E-state index contributed by atoms with van der Waals surface area (Å²) in [6, 6.07) is 5.09. The molecule has 1 saturated heterocycles. The van der Waals surface area contributed by atoms with Gasteiger partial charge in [0.05, 0.1) is 12.6 Å². The van der Waals surface area contributed by atoms with Gasteiger partial charge in [-0.25, -0.2) is 4.39 Å². The lowest BCUT2D eigenvalue weighted by atomic mass is 9.97. The minimum atomic E-state index is -0.843. The molecule has 0 radical (unpaired) electrons. The van der Waals surface area contributed by atoms with E-state index in [1.54, 1.807) is 19.2 Å². The maximum atomic E-state index is 13.1. The van der Waals surface area contributed by atoms with Gasteiger partial charge in [0.2, 0.25) is 5.91 Å². The zero-order valence-electron chi connectivity index (χ0n) is 12.5. The van der Waals surface area contributed by atoms with Gasteiger partial charge in [0.1, 0.15) is 12.4 Å². The first-order valence-corrected chi connectivity index (χ1v) is 6.94. The van der Waals surface area contributed by atoms with Crippen LogP contribution < -0.4 is 5.32 Å². The lowest BCUT2D eigenvalue weighted by Gasteiger charge is -2.38. The van der Waals surface area contributed by atoms with Crippen LogP contribution in [0, 0.1) is 5.82 Å². The number of benzene rings is 1. The Bertz CT molecular complexity index is 535. The largest absolute Gasteiger partial charge is 0.383 e. The van der Waals surface area contributed by atoms with Crippen molar-refractivity contribution in [2.24, 2.45) is 0 Å². The van der Waals surface area contributed by atoms with E-state index in [0.29, 0.717) is 18.7 Å². The summed E-state index contributed by atoms with van der Waals surface area (Å²) < 4.78 is 23.4. The molecule has 1 aliphatic heterocycles. The van der Waals surface area contributed by atoms with E-state index in [9.17, 15) is 14.0 Å². The summed E-state index contributed by atoms with van der Waals surface area (Å²) in [6.45, 7) is 0.577. The van der Waals surface area contributed by atoms with Gasteiger partial charge in [-0.15, -0.1) is 0 Å². The molecule has 22 heavy (non-hydrogen) atoms. The third-order valence-electron chi connectivity index (χ3n) is 3.56. The average molecular weight is 310 g/mol. The highest BCUT2D eigenvalue weighted by molar-refractivity contribution is 5.86. The molecule has 2 atom stereocenters. The number of morpholine rings is 1.